The number of rotatable bonds is 8. The van der Waals surface area contributed by atoms with Crippen molar-refractivity contribution in [2.24, 2.45) is 0 Å². The SMILES string of the molecule is CN(C)C1CCC(Nc2ncc(/C=C/c3ccc(NS(=O)(=O)c4ccccc4)nc3)cn2)CC1. The molecule has 0 bridgehead atoms. The number of benzene rings is 1. The molecule has 0 spiro atoms. The third-order valence-electron chi connectivity index (χ3n) is 5.98. The van der Waals surface area contributed by atoms with E-state index in [1.165, 1.54) is 25.0 Å². The smallest absolute Gasteiger partial charge is 0.263 e. The molecule has 34 heavy (non-hydrogen) atoms. The van der Waals surface area contributed by atoms with Gasteiger partial charge in [-0.2, -0.15) is 0 Å². The van der Waals surface area contributed by atoms with Crippen molar-refractivity contribution in [3.8, 4) is 0 Å². The summed E-state index contributed by atoms with van der Waals surface area (Å²) in [7, 11) is 0.631. The summed E-state index contributed by atoms with van der Waals surface area (Å²) in [6.07, 6.45) is 13.6. The minimum absolute atomic E-state index is 0.194. The molecule has 0 atom stereocenters. The minimum Gasteiger partial charge on any atom is -0.351 e. The number of pyridine rings is 1. The first-order valence-corrected chi connectivity index (χ1v) is 12.8. The van der Waals surface area contributed by atoms with E-state index >= 15 is 0 Å². The number of aromatic nitrogens is 3. The van der Waals surface area contributed by atoms with E-state index in [4.69, 9.17) is 0 Å². The van der Waals surface area contributed by atoms with E-state index in [1.807, 2.05) is 12.2 Å². The van der Waals surface area contributed by atoms with Crippen LogP contribution in [0.2, 0.25) is 0 Å². The Kier molecular flexibility index (Phi) is 7.54. The fourth-order valence-electron chi connectivity index (χ4n) is 3.97. The van der Waals surface area contributed by atoms with Gasteiger partial charge in [-0.25, -0.2) is 23.4 Å². The molecule has 0 radical (unpaired) electrons. The molecular formula is C25H30N6O2S. The van der Waals surface area contributed by atoms with Gasteiger partial charge in [0.25, 0.3) is 10.0 Å². The average Bonchev–Trinajstić information content (AvgIpc) is 2.85. The first-order valence-electron chi connectivity index (χ1n) is 11.4. The van der Waals surface area contributed by atoms with Crippen LogP contribution >= 0.6 is 0 Å². The molecule has 2 aromatic heterocycles. The number of nitrogens with one attached hydrogen (secondary N) is 2. The topological polar surface area (TPSA) is 100 Å². The largest absolute Gasteiger partial charge is 0.351 e. The van der Waals surface area contributed by atoms with Crippen molar-refractivity contribution in [2.75, 3.05) is 24.1 Å². The van der Waals surface area contributed by atoms with Gasteiger partial charge in [0.15, 0.2) is 0 Å². The van der Waals surface area contributed by atoms with Gasteiger partial charge >= 0.3 is 0 Å². The molecule has 2 N–H and O–H groups in total. The van der Waals surface area contributed by atoms with Gasteiger partial charge in [-0.1, -0.05) is 30.4 Å². The van der Waals surface area contributed by atoms with E-state index in [0.717, 1.165) is 24.0 Å². The molecule has 4 rings (SSSR count). The highest BCUT2D eigenvalue weighted by atomic mass is 32.2. The van der Waals surface area contributed by atoms with E-state index in [-0.39, 0.29) is 10.7 Å². The summed E-state index contributed by atoms with van der Waals surface area (Å²) in [5.74, 6) is 0.918. The van der Waals surface area contributed by atoms with E-state index < -0.39 is 10.0 Å². The Morgan fingerprint density at radius 1 is 0.853 bits per heavy atom. The van der Waals surface area contributed by atoms with Gasteiger partial charge in [-0.15, -0.1) is 0 Å². The number of nitrogens with zero attached hydrogens (tertiary/aromatic N) is 4. The first kappa shape index (κ1) is 23.8. The molecule has 0 saturated heterocycles. The molecule has 0 aliphatic heterocycles. The van der Waals surface area contributed by atoms with Gasteiger partial charge in [0.1, 0.15) is 5.82 Å². The second-order valence-corrected chi connectivity index (χ2v) is 10.4. The van der Waals surface area contributed by atoms with Crippen molar-refractivity contribution >= 4 is 33.9 Å². The lowest BCUT2D eigenvalue weighted by Gasteiger charge is -2.32. The number of sulfonamides is 1. The maximum Gasteiger partial charge on any atom is 0.263 e. The van der Waals surface area contributed by atoms with Crippen LogP contribution in [0.25, 0.3) is 12.2 Å². The summed E-state index contributed by atoms with van der Waals surface area (Å²) in [5, 5.41) is 3.45. The fraction of sp³-hybridized carbons (Fsp3) is 0.320. The Balaban J connectivity index is 1.30. The molecule has 0 unspecified atom stereocenters. The number of hydrogen-bond acceptors (Lipinski definition) is 7. The average molecular weight is 479 g/mol. The molecule has 1 aliphatic rings. The van der Waals surface area contributed by atoms with E-state index in [0.29, 0.717) is 18.0 Å². The van der Waals surface area contributed by atoms with Gasteiger partial charge in [0, 0.05) is 36.2 Å². The van der Waals surface area contributed by atoms with E-state index in [2.05, 4.69) is 44.0 Å². The zero-order valence-corrected chi connectivity index (χ0v) is 20.2. The van der Waals surface area contributed by atoms with Crippen molar-refractivity contribution in [3.05, 3.63) is 72.2 Å². The van der Waals surface area contributed by atoms with Crippen molar-refractivity contribution in [1.82, 2.24) is 19.9 Å². The summed E-state index contributed by atoms with van der Waals surface area (Å²) in [6, 6.07) is 12.7. The molecule has 1 fully saturated rings. The Morgan fingerprint density at radius 2 is 1.50 bits per heavy atom. The van der Waals surface area contributed by atoms with Gasteiger partial charge in [-0.05, 0) is 69.6 Å². The standard InChI is InChI=1S/C25H30N6O2S/c1-31(2)22-13-11-21(12-14-22)29-25-27-17-20(18-28-25)9-8-19-10-15-24(26-16-19)30-34(32,33)23-6-4-3-5-7-23/h3-10,15-18,21-22H,11-14H2,1-2H3,(H,26,30)(H,27,28,29)/b9-8+. The number of hydrogen-bond donors (Lipinski definition) is 2. The Bertz CT molecular complexity index is 1190. The lowest BCUT2D eigenvalue weighted by molar-refractivity contribution is 0.221. The molecular weight excluding hydrogens is 448 g/mol. The summed E-state index contributed by atoms with van der Waals surface area (Å²) < 4.78 is 27.3. The van der Waals surface area contributed by atoms with Crippen molar-refractivity contribution in [1.29, 1.82) is 0 Å². The molecule has 0 amide bonds. The second-order valence-electron chi connectivity index (χ2n) is 8.68. The van der Waals surface area contributed by atoms with Gasteiger partial charge < -0.3 is 10.2 Å². The van der Waals surface area contributed by atoms with E-state index in [9.17, 15) is 8.42 Å². The second kappa shape index (κ2) is 10.8. The van der Waals surface area contributed by atoms with Crippen LogP contribution in [-0.4, -0.2) is 54.4 Å². The van der Waals surface area contributed by atoms with Crippen LogP contribution in [0.5, 0.6) is 0 Å². The molecule has 178 valence electrons. The van der Waals surface area contributed by atoms with Crippen LogP contribution in [0, 0.1) is 0 Å². The molecule has 9 heteroatoms. The molecule has 3 aromatic rings. The Hall–Kier alpha value is -3.30. The normalized spacial score (nSPS) is 18.8. The third kappa shape index (κ3) is 6.39. The summed E-state index contributed by atoms with van der Waals surface area (Å²) in [4.78, 5) is 15.6. The van der Waals surface area contributed by atoms with Crippen LogP contribution in [0.15, 0.2) is 66.0 Å². The number of anilines is 2. The minimum atomic E-state index is -3.66. The summed E-state index contributed by atoms with van der Waals surface area (Å²) >= 11 is 0. The lowest BCUT2D eigenvalue weighted by atomic mass is 9.91. The van der Waals surface area contributed by atoms with Crippen molar-refractivity contribution in [2.45, 2.75) is 42.7 Å². The Morgan fingerprint density at radius 3 is 2.12 bits per heavy atom. The van der Waals surface area contributed by atoms with Gasteiger partial charge in [-0.3, -0.25) is 4.72 Å². The van der Waals surface area contributed by atoms with Crippen LogP contribution in [0.1, 0.15) is 36.8 Å². The first-order chi connectivity index (χ1) is 16.4. The zero-order valence-electron chi connectivity index (χ0n) is 19.4. The van der Waals surface area contributed by atoms with Crippen molar-refractivity contribution < 1.29 is 8.42 Å². The molecule has 1 aliphatic carbocycles. The molecule has 2 heterocycles. The fourth-order valence-corrected chi connectivity index (χ4v) is 5.00. The highest BCUT2D eigenvalue weighted by molar-refractivity contribution is 7.92. The Labute approximate surface area is 201 Å². The molecule has 1 aromatic carbocycles. The molecule has 1 saturated carbocycles. The highest BCUT2D eigenvalue weighted by Crippen LogP contribution is 2.23. The van der Waals surface area contributed by atoms with Crippen LogP contribution < -0.4 is 10.0 Å². The van der Waals surface area contributed by atoms with Gasteiger partial charge in [0.2, 0.25) is 5.95 Å². The predicted octanol–water partition coefficient (Wildman–Crippen LogP) is 4.13. The summed E-state index contributed by atoms with van der Waals surface area (Å²) in [5.41, 5.74) is 1.71. The maximum atomic E-state index is 12.4. The lowest BCUT2D eigenvalue weighted by Crippen LogP contribution is -2.36. The third-order valence-corrected chi connectivity index (χ3v) is 7.35. The quantitative estimate of drug-likeness (QED) is 0.502. The van der Waals surface area contributed by atoms with Crippen LogP contribution in [-0.2, 0) is 10.0 Å². The van der Waals surface area contributed by atoms with Crippen LogP contribution in [0.4, 0.5) is 11.8 Å². The predicted molar refractivity (Wildman–Crippen MR) is 136 cm³/mol. The monoisotopic (exact) mass is 478 g/mol. The van der Waals surface area contributed by atoms with Crippen molar-refractivity contribution in [3.63, 3.8) is 0 Å². The zero-order chi connectivity index (χ0) is 24.0. The highest BCUT2D eigenvalue weighted by Gasteiger charge is 2.22. The summed E-state index contributed by atoms with van der Waals surface area (Å²) in [6.45, 7) is 0. The van der Waals surface area contributed by atoms with Crippen LogP contribution in [0.3, 0.4) is 0 Å². The maximum absolute atomic E-state index is 12.4. The molecule has 8 nitrogen and oxygen atoms in total. The van der Waals surface area contributed by atoms with E-state index in [1.54, 1.807) is 48.9 Å². The van der Waals surface area contributed by atoms with Gasteiger partial charge in [0.05, 0.1) is 4.90 Å².